The summed E-state index contributed by atoms with van der Waals surface area (Å²) in [5.74, 6) is -0.850. The number of primary amides is 1. The summed E-state index contributed by atoms with van der Waals surface area (Å²) in [6, 6.07) is 0. The highest BCUT2D eigenvalue weighted by Crippen LogP contribution is 2.37. The van der Waals surface area contributed by atoms with Crippen LogP contribution in [0, 0.1) is 0 Å². The molecule has 1 aliphatic heterocycles. The van der Waals surface area contributed by atoms with Crippen LogP contribution in [0.5, 0.6) is 0 Å². The van der Waals surface area contributed by atoms with Gasteiger partial charge in [0.1, 0.15) is 6.33 Å². The second-order valence-corrected chi connectivity index (χ2v) is 5.23. The van der Waals surface area contributed by atoms with Crippen LogP contribution in [0.25, 0.3) is 0 Å². The minimum atomic E-state index is -4.49. The number of carbonyl (C=O) groups excluding carboxylic acids is 1. The molecule has 10 nitrogen and oxygen atoms in total. The van der Waals surface area contributed by atoms with E-state index in [1.807, 2.05) is 0 Å². The van der Waals surface area contributed by atoms with Crippen molar-refractivity contribution in [1.29, 1.82) is 0 Å². The van der Waals surface area contributed by atoms with Crippen molar-refractivity contribution in [2.24, 2.45) is 5.73 Å². The predicted octanol–water partition coefficient (Wildman–Crippen LogP) is -0.836. The van der Waals surface area contributed by atoms with Gasteiger partial charge in [0.2, 0.25) is 5.82 Å². The van der Waals surface area contributed by atoms with Crippen molar-refractivity contribution in [3.05, 3.63) is 12.2 Å². The number of hydrogen-bond acceptors (Lipinski definition) is 6. The lowest BCUT2D eigenvalue weighted by atomic mass is 10.2. The minimum absolute atomic E-state index is 0.112. The molecule has 0 aromatic carbocycles. The van der Waals surface area contributed by atoms with E-state index in [0.717, 1.165) is 0 Å². The van der Waals surface area contributed by atoms with Crippen LogP contribution < -0.4 is 5.73 Å². The number of nitrogens with two attached hydrogens (primary N) is 1. The molecular weight excluding hydrogens is 279 g/mol. The maximum Gasteiger partial charge on any atom is 0.469 e. The van der Waals surface area contributed by atoms with Crippen LogP contribution in [-0.2, 0) is 13.8 Å². The van der Waals surface area contributed by atoms with E-state index in [2.05, 4.69) is 14.6 Å². The van der Waals surface area contributed by atoms with E-state index in [4.69, 9.17) is 20.3 Å². The fourth-order valence-electron chi connectivity index (χ4n) is 1.71. The molecule has 106 valence electrons. The molecule has 0 saturated carbocycles. The Kier molecular flexibility index (Phi) is 3.97. The summed E-state index contributed by atoms with van der Waals surface area (Å²) in [5, 5.41) is 3.85. The number of rotatable bonds is 5. The highest BCUT2D eigenvalue weighted by Gasteiger charge is 2.29. The Hall–Kier alpha value is -1.32. The number of nitrogens with zero attached hydrogens (tertiary/aromatic N) is 3. The monoisotopic (exact) mass is 292 g/mol. The van der Waals surface area contributed by atoms with Crippen molar-refractivity contribution >= 4 is 13.7 Å². The smallest absolute Gasteiger partial charge is 0.363 e. The Morgan fingerprint density at radius 2 is 2.37 bits per heavy atom. The summed E-state index contributed by atoms with van der Waals surface area (Å²) in [6.07, 6.45) is 1.54. The zero-order chi connectivity index (χ0) is 14.0. The van der Waals surface area contributed by atoms with Crippen LogP contribution in [0.15, 0.2) is 6.33 Å². The van der Waals surface area contributed by atoms with Crippen LogP contribution >= 0.6 is 7.82 Å². The Morgan fingerprint density at radius 3 is 2.95 bits per heavy atom. The molecule has 0 spiro atoms. The molecule has 0 bridgehead atoms. The summed E-state index contributed by atoms with van der Waals surface area (Å²) < 4.78 is 21.7. The van der Waals surface area contributed by atoms with E-state index in [1.54, 1.807) is 0 Å². The molecule has 1 aromatic heterocycles. The van der Waals surface area contributed by atoms with Crippen molar-refractivity contribution in [1.82, 2.24) is 14.8 Å². The third-order valence-corrected chi connectivity index (χ3v) is 3.02. The van der Waals surface area contributed by atoms with Crippen molar-refractivity contribution < 1.29 is 28.4 Å². The molecule has 1 aliphatic rings. The fourth-order valence-corrected chi connectivity index (χ4v) is 2.07. The first-order valence-corrected chi connectivity index (χ1v) is 6.94. The third-order valence-electron chi connectivity index (χ3n) is 2.54. The first-order valence-electron chi connectivity index (χ1n) is 5.41. The van der Waals surface area contributed by atoms with Crippen LogP contribution in [0.1, 0.15) is 29.7 Å². The second kappa shape index (κ2) is 5.35. The highest BCUT2D eigenvalue weighted by atomic mass is 31.2. The fraction of sp³-hybridized carbons (Fsp3) is 0.625. The molecule has 1 aromatic rings. The molecule has 2 heterocycles. The molecule has 2 rings (SSSR count). The van der Waals surface area contributed by atoms with Gasteiger partial charge in [0.15, 0.2) is 6.23 Å². The lowest BCUT2D eigenvalue weighted by Gasteiger charge is -2.13. The highest BCUT2D eigenvalue weighted by molar-refractivity contribution is 7.46. The third kappa shape index (κ3) is 3.82. The zero-order valence-corrected chi connectivity index (χ0v) is 10.6. The van der Waals surface area contributed by atoms with Crippen molar-refractivity contribution in [2.45, 2.75) is 25.2 Å². The lowest BCUT2D eigenvalue weighted by molar-refractivity contribution is -0.0280. The first kappa shape index (κ1) is 14.1. The maximum absolute atomic E-state index is 10.8. The second-order valence-electron chi connectivity index (χ2n) is 3.99. The van der Waals surface area contributed by atoms with E-state index in [-0.39, 0.29) is 12.4 Å². The van der Waals surface area contributed by atoms with Gasteiger partial charge in [-0.15, -0.1) is 5.10 Å². The van der Waals surface area contributed by atoms with Gasteiger partial charge in [0.25, 0.3) is 5.91 Å². The summed E-state index contributed by atoms with van der Waals surface area (Å²) in [6.45, 7) is -0.210. The number of carbonyl (C=O) groups is 1. The molecule has 0 radical (unpaired) electrons. The predicted molar refractivity (Wildman–Crippen MR) is 59.7 cm³/mol. The molecule has 1 saturated heterocycles. The quantitative estimate of drug-likeness (QED) is 0.595. The van der Waals surface area contributed by atoms with Gasteiger partial charge in [-0.3, -0.25) is 9.32 Å². The largest absolute Gasteiger partial charge is 0.469 e. The van der Waals surface area contributed by atoms with Crippen molar-refractivity contribution in [3.63, 3.8) is 0 Å². The number of phosphoric acid groups is 1. The van der Waals surface area contributed by atoms with E-state index >= 15 is 0 Å². The Balaban J connectivity index is 1.90. The van der Waals surface area contributed by atoms with Gasteiger partial charge in [-0.25, -0.2) is 14.2 Å². The first-order chi connectivity index (χ1) is 8.85. The molecule has 4 N–H and O–H groups in total. The molecule has 11 heteroatoms. The van der Waals surface area contributed by atoms with Gasteiger partial charge < -0.3 is 20.3 Å². The maximum atomic E-state index is 10.8. The zero-order valence-electron chi connectivity index (χ0n) is 9.75. The lowest BCUT2D eigenvalue weighted by Crippen LogP contribution is -2.17. The van der Waals surface area contributed by atoms with Crippen LogP contribution in [-0.4, -0.2) is 43.2 Å². The van der Waals surface area contributed by atoms with Crippen molar-refractivity contribution in [2.75, 3.05) is 6.61 Å². The Bertz CT molecular complexity index is 513. The van der Waals surface area contributed by atoms with E-state index in [9.17, 15) is 9.36 Å². The van der Waals surface area contributed by atoms with E-state index in [0.29, 0.717) is 12.8 Å². The van der Waals surface area contributed by atoms with Gasteiger partial charge in [0, 0.05) is 0 Å². The summed E-state index contributed by atoms with van der Waals surface area (Å²) >= 11 is 0. The van der Waals surface area contributed by atoms with E-state index in [1.165, 1.54) is 11.0 Å². The van der Waals surface area contributed by atoms with Gasteiger partial charge in [-0.05, 0) is 12.8 Å². The Morgan fingerprint density at radius 1 is 1.63 bits per heavy atom. The summed E-state index contributed by atoms with van der Waals surface area (Å²) in [4.78, 5) is 31.7. The van der Waals surface area contributed by atoms with Crippen LogP contribution in [0.4, 0.5) is 0 Å². The van der Waals surface area contributed by atoms with Gasteiger partial charge in [0.05, 0.1) is 12.7 Å². The minimum Gasteiger partial charge on any atom is -0.363 e. The van der Waals surface area contributed by atoms with Crippen LogP contribution in [0.3, 0.4) is 0 Å². The molecule has 2 atom stereocenters. The number of amides is 1. The average Bonchev–Trinajstić information content (AvgIpc) is 2.94. The SMILES string of the molecule is NC(=O)c1ncn([C@H]2CC[C@@H](COP(=O)(O)O)O2)n1. The van der Waals surface area contributed by atoms with Gasteiger partial charge in [-0.2, -0.15) is 0 Å². The molecule has 0 unspecified atom stereocenters. The molecule has 19 heavy (non-hydrogen) atoms. The number of aromatic nitrogens is 3. The Labute approximate surface area is 107 Å². The molecular formula is C8H13N4O6P. The summed E-state index contributed by atoms with van der Waals surface area (Å²) in [7, 11) is -4.49. The van der Waals surface area contributed by atoms with Crippen molar-refractivity contribution in [3.8, 4) is 0 Å². The molecule has 1 amide bonds. The molecule has 0 aliphatic carbocycles. The normalized spacial score (nSPS) is 23.7. The standard InChI is InChI=1S/C8H13N4O6P/c9-7(13)8-10-4-12(11-8)6-2-1-5(18-6)3-17-19(14,15)16/h4-6H,1-3H2,(H2,9,13)(H2,14,15,16)/t5-,6+/m0/s1. The summed E-state index contributed by atoms with van der Waals surface area (Å²) in [5.41, 5.74) is 5.02. The number of hydrogen-bond donors (Lipinski definition) is 3. The van der Waals surface area contributed by atoms with Crippen LogP contribution in [0.2, 0.25) is 0 Å². The topological polar surface area (TPSA) is 150 Å². The average molecular weight is 292 g/mol. The van der Waals surface area contributed by atoms with E-state index < -0.39 is 26.1 Å². The van der Waals surface area contributed by atoms with Gasteiger partial charge >= 0.3 is 7.82 Å². The molecule has 1 fully saturated rings. The van der Waals surface area contributed by atoms with Gasteiger partial charge in [-0.1, -0.05) is 0 Å². The number of ether oxygens (including phenoxy) is 1. The number of phosphoric ester groups is 1.